The highest BCUT2D eigenvalue weighted by molar-refractivity contribution is 6.31. The van der Waals surface area contributed by atoms with Gasteiger partial charge in [0.25, 0.3) is 0 Å². The zero-order valence-corrected chi connectivity index (χ0v) is 19.6. The number of carbonyl (C=O) groups excluding carboxylic acids is 1. The number of nitrogens with one attached hydrogen (secondary N) is 2. The first kappa shape index (κ1) is 24.1. The molecule has 2 aromatic heterocycles. The summed E-state index contributed by atoms with van der Waals surface area (Å²) in [6, 6.07) is 20.6. The molecular weight excluding hydrogens is 507 g/mol. The van der Waals surface area contributed by atoms with Crippen LogP contribution in [0.25, 0.3) is 33.4 Å². The lowest BCUT2D eigenvalue weighted by atomic mass is 10.00. The molecule has 0 atom stereocenters. The number of nitrogen functional groups attached to an aromatic ring is 1. The van der Waals surface area contributed by atoms with Gasteiger partial charge in [0, 0.05) is 22.5 Å². The summed E-state index contributed by atoms with van der Waals surface area (Å²) in [6.07, 6.45) is -4.65. The molecular formula is C26H17ClF3N5O2. The molecule has 5 aromatic rings. The van der Waals surface area contributed by atoms with Gasteiger partial charge < -0.3 is 20.9 Å². The molecule has 37 heavy (non-hydrogen) atoms. The number of benzene rings is 3. The fourth-order valence-corrected chi connectivity index (χ4v) is 4.03. The molecule has 3 aromatic carbocycles. The number of alkyl halides is 3. The van der Waals surface area contributed by atoms with Crippen molar-refractivity contribution in [3.63, 3.8) is 0 Å². The molecule has 11 heteroatoms. The van der Waals surface area contributed by atoms with Gasteiger partial charge in [-0.05, 0) is 42.0 Å². The van der Waals surface area contributed by atoms with Crippen molar-refractivity contribution in [3.8, 4) is 22.4 Å². The van der Waals surface area contributed by atoms with Gasteiger partial charge in [0.05, 0.1) is 21.7 Å². The van der Waals surface area contributed by atoms with Crippen LogP contribution in [0.4, 0.5) is 35.2 Å². The van der Waals surface area contributed by atoms with Crippen LogP contribution in [-0.4, -0.2) is 16.2 Å². The number of pyridine rings is 1. The molecule has 0 unspecified atom stereocenters. The van der Waals surface area contributed by atoms with Crippen molar-refractivity contribution in [2.24, 2.45) is 0 Å². The van der Waals surface area contributed by atoms with E-state index in [1.54, 1.807) is 24.3 Å². The lowest BCUT2D eigenvalue weighted by Gasteiger charge is -2.13. The fourth-order valence-electron chi connectivity index (χ4n) is 3.81. The Bertz CT molecular complexity index is 1600. The maximum Gasteiger partial charge on any atom is 0.417 e. The minimum Gasteiger partial charge on any atom is -0.367 e. The number of hydrogen-bond acceptors (Lipinski definition) is 5. The van der Waals surface area contributed by atoms with E-state index < -0.39 is 22.8 Å². The smallest absolute Gasteiger partial charge is 0.367 e. The molecule has 0 aliphatic heterocycles. The van der Waals surface area contributed by atoms with E-state index >= 15 is 0 Å². The standard InChI is InChI=1S/C26H17ClF3N5O2/c27-20-11-10-17(12-19(20)26(28,29)30)33-25(36)32-16-8-6-14(7-9-16)18-13-21(15-4-2-1-3-5-15)34-24-22(18)23(31)37-35-24/h1-13H,31H2,(H2,32,33,36). The molecule has 0 radical (unpaired) electrons. The summed E-state index contributed by atoms with van der Waals surface area (Å²) < 4.78 is 44.4. The van der Waals surface area contributed by atoms with Crippen molar-refractivity contribution < 1.29 is 22.5 Å². The number of rotatable bonds is 4. The van der Waals surface area contributed by atoms with E-state index in [1.807, 2.05) is 36.4 Å². The number of amides is 2. The lowest BCUT2D eigenvalue weighted by molar-refractivity contribution is -0.137. The van der Waals surface area contributed by atoms with Gasteiger partial charge in [0.1, 0.15) is 0 Å². The molecule has 7 nitrogen and oxygen atoms in total. The Hall–Kier alpha value is -4.57. The Kier molecular flexibility index (Phi) is 6.18. The normalized spacial score (nSPS) is 11.5. The number of urea groups is 1. The quantitative estimate of drug-likeness (QED) is 0.227. The van der Waals surface area contributed by atoms with Crippen LogP contribution >= 0.6 is 11.6 Å². The van der Waals surface area contributed by atoms with Crippen LogP contribution in [0.1, 0.15) is 5.56 Å². The number of aromatic nitrogens is 2. The molecule has 5 rings (SSSR count). The van der Waals surface area contributed by atoms with Gasteiger partial charge >= 0.3 is 12.2 Å². The zero-order chi connectivity index (χ0) is 26.2. The Morgan fingerprint density at radius 3 is 2.27 bits per heavy atom. The highest BCUT2D eigenvalue weighted by Crippen LogP contribution is 2.37. The second-order valence-electron chi connectivity index (χ2n) is 8.02. The molecule has 0 fully saturated rings. The summed E-state index contributed by atoms with van der Waals surface area (Å²) in [7, 11) is 0. The number of halogens is 4. The fraction of sp³-hybridized carbons (Fsp3) is 0.0385. The average molecular weight is 524 g/mol. The van der Waals surface area contributed by atoms with E-state index in [1.165, 1.54) is 6.07 Å². The third-order valence-corrected chi connectivity index (χ3v) is 5.86. The minimum atomic E-state index is -4.65. The maximum absolute atomic E-state index is 13.1. The van der Waals surface area contributed by atoms with E-state index in [4.69, 9.17) is 21.9 Å². The first-order valence-corrected chi connectivity index (χ1v) is 11.2. The summed E-state index contributed by atoms with van der Waals surface area (Å²) in [6.45, 7) is 0. The van der Waals surface area contributed by atoms with Gasteiger partial charge in [-0.2, -0.15) is 13.2 Å². The number of nitrogens with zero attached hydrogens (tertiary/aromatic N) is 2. The van der Waals surface area contributed by atoms with Crippen LogP contribution in [-0.2, 0) is 6.18 Å². The Morgan fingerprint density at radius 2 is 1.57 bits per heavy atom. The van der Waals surface area contributed by atoms with Gasteiger partial charge in [-0.3, -0.25) is 0 Å². The average Bonchev–Trinajstić information content (AvgIpc) is 3.25. The van der Waals surface area contributed by atoms with Crippen LogP contribution in [0.2, 0.25) is 5.02 Å². The van der Waals surface area contributed by atoms with Crippen LogP contribution in [0.5, 0.6) is 0 Å². The van der Waals surface area contributed by atoms with Gasteiger partial charge in [0.2, 0.25) is 11.5 Å². The Labute approximate surface area is 213 Å². The summed E-state index contributed by atoms with van der Waals surface area (Å²) in [4.78, 5) is 16.9. The zero-order valence-electron chi connectivity index (χ0n) is 18.8. The first-order valence-electron chi connectivity index (χ1n) is 10.9. The molecule has 0 bridgehead atoms. The predicted molar refractivity (Wildman–Crippen MR) is 136 cm³/mol. The highest BCUT2D eigenvalue weighted by Gasteiger charge is 2.33. The first-order chi connectivity index (χ1) is 17.7. The second-order valence-corrected chi connectivity index (χ2v) is 8.42. The number of fused-ring (bicyclic) bond motifs is 1. The van der Waals surface area contributed by atoms with E-state index in [0.717, 1.165) is 28.8 Å². The van der Waals surface area contributed by atoms with Crippen LogP contribution in [0.3, 0.4) is 0 Å². The Morgan fingerprint density at radius 1 is 0.892 bits per heavy atom. The number of anilines is 3. The third kappa shape index (κ3) is 5.05. The molecule has 0 aliphatic rings. The van der Waals surface area contributed by atoms with Gasteiger partial charge in [-0.1, -0.05) is 59.2 Å². The second kappa shape index (κ2) is 9.47. The van der Waals surface area contributed by atoms with Crippen molar-refractivity contribution in [1.29, 1.82) is 0 Å². The van der Waals surface area contributed by atoms with E-state index in [-0.39, 0.29) is 11.6 Å². The third-order valence-electron chi connectivity index (χ3n) is 5.53. The number of nitrogens with two attached hydrogens (primary N) is 1. The van der Waals surface area contributed by atoms with Gasteiger partial charge in [0.15, 0.2) is 0 Å². The summed E-state index contributed by atoms with van der Waals surface area (Å²) in [5.74, 6) is 0.125. The molecule has 2 heterocycles. The summed E-state index contributed by atoms with van der Waals surface area (Å²) in [5.41, 5.74) is 8.75. The van der Waals surface area contributed by atoms with Crippen molar-refractivity contribution in [3.05, 3.63) is 89.4 Å². The lowest BCUT2D eigenvalue weighted by Crippen LogP contribution is -2.19. The van der Waals surface area contributed by atoms with Crippen molar-refractivity contribution in [2.75, 3.05) is 16.4 Å². The number of hydrogen-bond donors (Lipinski definition) is 3. The van der Waals surface area contributed by atoms with Crippen molar-refractivity contribution >= 4 is 45.9 Å². The largest absolute Gasteiger partial charge is 0.417 e. The molecule has 0 saturated heterocycles. The minimum absolute atomic E-state index is 0.0543. The van der Waals surface area contributed by atoms with Crippen LogP contribution in [0.15, 0.2) is 83.4 Å². The molecule has 186 valence electrons. The highest BCUT2D eigenvalue weighted by atomic mass is 35.5. The molecule has 0 saturated carbocycles. The summed E-state index contributed by atoms with van der Waals surface area (Å²) >= 11 is 5.63. The van der Waals surface area contributed by atoms with Crippen LogP contribution in [0, 0.1) is 0 Å². The van der Waals surface area contributed by atoms with Crippen molar-refractivity contribution in [2.45, 2.75) is 6.18 Å². The van der Waals surface area contributed by atoms with Gasteiger partial charge in [-0.15, -0.1) is 0 Å². The predicted octanol–water partition coefficient (Wildman–Crippen LogP) is 7.46. The van der Waals surface area contributed by atoms with E-state index in [2.05, 4.69) is 20.8 Å². The van der Waals surface area contributed by atoms with Gasteiger partial charge in [-0.25, -0.2) is 9.78 Å². The molecule has 4 N–H and O–H groups in total. The molecule has 0 aliphatic carbocycles. The Balaban J connectivity index is 1.39. The monoisotopic (exact) mass is 523 g/mol. The van der Waals surface area contributed by atoms with Crippen LogP contribution < -0.4 is 16.4 Å². The number of carbonyl (C=O) groups is 1. The molecule has 2 amide bonds. The summed E-state index contributed by atoms with van der Waals surface area (Å²) in [5, 5.41) is 9.03. The maximum atomic E-state index is 13.1. The molecule has 0 spiro atoms. The van der Waals surface area contributed by atoms with E-state index in [0.29, 0.717) is 22.4 Å². The topological polar surface area (TPSA) is 106 Å². The SMILES string of the molecule is Nc1onc2nc(-c3ccccc3)cc(-c3ccc(NC(=O)Nc4ccc(Cl)c(C(F)(F)F)c4)cc3)c12. The van der Waals surface area contributed by atoms with E-state index in [9.17, 15) is 18.0 Å². The van der Waals surface area contributed by atoms with Crippen molar-refractivity contribution in [1.82, 2.24) is 10.1 Å².